The number of hydrogen-bond donors (Lipinski definition) is 1. The molecule has 5 aromatic rings. The molecule has 0 radical (unpaired) electrons. The van der Waals surface area contributed by atoms with Gasteiger partial charge in [-0.1, -0.05) is 0 Å². The fraction of sp³-hybridized carbons (Fsp3) is 0.0476. The van der Waals surface area contributed by atoms with Gasteiger partial charge in [0.25, 0.3) is 0 Å². The minimum absolute atomic E-state index is 0.115. The Morgan fingerprint density at radius 2 is 1.70 bits per heavy atom. The van der Waals surface area contributed by atoms with Crippen molar-refractivity contribution in [3.05, 3.63) is 84.6 Å². The summed E-state index contributed by atoms with van der Waals surface area (Å²) >= 11 is 0. The standard InChI is InChI=1S/C21H13F2N5O2/c22-17-8-12(3-5-24-17)16-11-28-20(19(26-16)13-4-6-25-18(23)9-13)27-15(21(28)29)10-14-2-1-7-30-14/h1-9,11,29H,10H2. The summed E-state index contributed by atoms with van der Waals surface area (Å²) in [6.45, 7) is 0. The van der Waals surface area contributed by atoms with Crippen molar-refractivity contribution in [1.82, 2.24) is 24.3 Å². The van der Waals surface area contributed by atoms with Crippen LogP contribution in [0.1, 0.15) is 11.5 Å². The zero-order valence-electron chi connectivity index (χ0n) is 15.3. The van der Waals surface area contributed by atoms with Gasteiger partial charge in [-0.05, 0) is 24.3 Å². The largest absolute Gasteiger partial charge is 0.493 e. The lowest BCUT2D eigenvalue weighted by Gasteiger charge is -2.08. The third-order valence-corrected chi connectivity index (χ3v) is 4.59. The van der Waals surface area contributed by atoms with Crippen molar-refractivity contribution in [1.29, 1.82) is 0 Å². The van der Waals surface area contributed by atoms with Gasteiger partial charge in [0.05, 0.1) is 18.4 Å². The van der Waals surface area contributed by atoms with Gasteiger partial charge in [0.15, 0.2) is 5.65 Å². The minimum atomic E-state index is -0.681. The monoisotopic (exact) mass is 405 g/mol. The van der Waals surface area contributed by atoms with Crippen molar-refractivity contribution in [2.24, 2.45) is 0 Å². The number of aromatic hydroxyl groups is 1. The molecule has 0 aromatic carbocycles. The fourth-order valence-electron chi connectivity index (χ4n) is 3.22. The molecule has 0 amide bonds. The highest BCUT2D eigenvalue weighted by Gasteiger charge is 2.20. The summed E-state index contributed by atoms with van der Waals surface area (Å²) in [6, 6.07) is 9.13. The highest BCUT2D eigenvalue weighted by atomic mass is 19.1. The van der Waals surface area contributed by atoms with E-state index in [-0.39, 0.29) is 12.3 Å². The third-order valence-electron chi connectivity index (χ3n) is 4.59. The summed E-state index contributed by atoms with van der Waals surface area (Å²) in [5.41, 5.74) is 2.21. The van der Waals surface area contributed by atoms with Crippen LogP contribution in [0.5, 0.6) is 5.88 Å². The van der Waals surface area contributed by atoms with Crippen LogP contribution >= 0.6 is 0 Å². The molecule has 9 heteroatoms. The first-order valence-electron chi connectivity index (χ1n) is 8.95. The molecule has 0 fully saturated rings. The van der Waals surface area contributed by atoms with E-state index in [2.05, 4.69) is 19.9 Å². The quantitative estimate of drug-likeness (QED) is 0.454. The van der Waals surface area contributed by atoms with Crippen LogP contribution in [-0.2, 0) is 6.42 Å². The smallest absolute Gasteiger partial charge is 0.219 e. The summed E-state index contributed by atoms with van der Waals surface area (Å²) in [4.78, 5) is 16.2. The van der Waals surface area contributed by atoms with Gasteiger partial charge in [-0.25, -0.2) is 19.9 Å². The highest BCUT2D eigenvalue weighted by molar-refractivity contribution is 5.77. The number of furan rings is 1. The van der Waals surface area contributed by atoms with Gasteiger partial charge in [-0.2, -0.15) is 8.78 Å². The Labute approximate surface area is 168 Å². The van der Waals surface area contributed by atoms with Crippen molar-refractivity contribution in [3.63, 3.8) is 0 Å². The van der Waals surface area contributed by atoms with Crippen molar-refractivity contribution in [2.45, 2.75) is 6.42 Å². The van der Waals surface area contributed by atoms with E-state index < -0.39 is 11.9 Å². The maximum Gasteiger partial charge on any atom is 0.219 e. The molecule has 0 atom stereocenters. The SMILES string of the molecule is Oc1c(Cc2ccco2)nc2c(-c3ccnc(F)c3)nc(-c3ccnc(F)c3)cn12. The van der Waals surface area contributed by atoms with Crippen LogP contribution in [0.4, 0.5) is 8.78 Å². The Bertz CT molecular complexity index is 1370. The van der Waals surface area contributed by atoms with Gasteiger partial charge < -0.3 is 9.52 Å². The summed E-state index contributed by atoms with van der Waals surface area (Å²) in [7, 11) is 0. The van der Waals surface area contributed by atoms with Crippen LogP contribution in [0.15, 0.2) is 65.7 Å². The number of halogens is 2. The molecule has 0 aliphatic rings. The first kappa shape index (κ1) is 17.9. The minimum Gasteiger partial charge on any atom is -0.493 e. The number of hydrogen-bond acceptors (Lipinski definition) is 6. The Morgan fingerprint density at radius 1 is 0.967 bits per heavy atom. The summed E-state index contributed by atoms with van der Waals surface area (Å²) in [5.74, 6) is -0.844. The molecule has 5 aromatic heterocycles. The zero-order valence-corrected chi connectivity index (χ0v) is 15.3. The number of imidazole rings is 1. The molecular formula is C21H13F2N5O2. The molecule has 0 spiro atoms. The molecular weight excluding hydrogens is 392 g/mol. The number of pyridine rings is 2. The number of nitrogens with zero attached hydrogens (tertiary/aromatic N) is 5. The van der Waals surface area contributed by atoms with Gasteiger partial charge in [-0.3, -0.25) is 4.40 Å². The molecule has 148 valence electrons. The molecule has 0 bridgehead atoms. The maximum atomic E-state index is 13.8. The van der Waals surface area contributed by atoms with E-state index in [1.807, 2.05) is 0 Å². The van der Waals surface area contributed by atoms with Gasteiger partial charge in [0.2, 0.25) is 17.8 Å². The molecule has 0 aliphatic carbocycles. The van der Waals surface area contributed by atoms with Gasteiger partial charge >= 0.3 is 0 Å². The first-order valence-corrected chi connectivity index (χ1v) is 8.95. The first-order chi connectivity index (χ1) is 14.6. The van der Waals surface area contributed by atoms with E-state index >= 15 is 0 Å². The molecule has 30 heavy (non-hydrogen) atoms. The van der Waals surface area contributed by atoms with Gasteiger partial charge in [0, 0.05) is 41.9 Å². The van der Waals surface area contributed by atoms with Crippen molar-refractivity contribution < 1.29 is 18.3 Å². The van der Waals surface area contributed by atoms with Gasteiger partial charge in [-0.15, -0.1) is 0 Å². The second-order valence-electron chi connectivity index (χ2n) is 6.54. The zero-order chi connectivity index (χ0) is 20.7. The van der Waals surface area contributed by atoms with E-state index in [0.29, 0.717) is 39.6 Å². The number of fused-ring (bicyclic) bond motifs is 1. The Kier molecular flexibility index (Phi) is 4.20. The van der Waals surface area contributed by atoms with E-state index in [0.717, 1.165) is 0 Å². The van der Waals surface area contributed by atoms with E-state index in [1.54, 1.807) is 30.5 Å². The van der Waals surface area contributed by atoms with Crippen LogP contribution < -0.4 is 0 Å². The maximum absolute atomic E-state index is 13.8. The van der Waals surface area contributed by atoms with Crippen LogP contribution in [0.25, 0.3) is 28.2 Å². The lowest BCUT2D eigenvalue weighted by molar-refractivity contribution is 0.438. The molecule has 0 unspecified atom stereocenters. The summed E-state index contributed by atoms with van der Waals surface area (Å²) in [5, 5.41) is 10.8. The van der Waals surface area contributed by atoms with Crippen LogP contribution in [0.2, 0.25) is 0 Å². The highest BCUT2D eigenvalue weighted by Crippen LogP contribution is 2.31. The Hall–Kier alpha value is -4.14. The second-order valence-corrected chi connectivity index (χ2v) is 6.54. The van der Waals surface area contributed by atoms with E-state index in [4.69, 9.17) is 4.42 Å². The molecule has 0 aliphatic heterocycles. The van der Waals surface area contributed by atoms with E-state index in [9.17, 15) is 13.9 Å². The topological polar surface area (TPSA) is 89.3 Å². The van der Waals surface area contributed by atoms with Crippen molar-refractivity contribution in [2.75, 3.05) is 0 Å². The van der Waals surface area contributed by atoms with Crippen molar-refractivity contribution >= 4 is 5.65 Å². The van der Waals surface area contributed by atoms with Crippen LogP contribution in [0.3, 0.4) is 0 Å². The molecule has 7 nitrogen and oxygen atoms in total. The van der Waals surface area contributed by atoms with Crippen molar-refractivity contribution in [3.8, 4) is 28.4 Å². The molecule has 1 N–H and O–H groups in total. The summed E-state index contributed by atoms with van der Waals surface area (Å²) < 4.78 is 34.2. The lowest BCUT2D eigenvalue weighted by Crippen LogP contribution is -1.97. The van der Waals surface area contributed by atoms with Gasteiger partial charge in [0.1, 0.15) is 17.1 Å². The Balaban J connectivity index is 1.76. The second kappa shape index (κ2) is 7.03. The molecule has 0 saturated heterocycles. The normalized spacial score (nSPS) is 11.3. The third kappa shape index (κ3) is 3.16. The average Bonchev–Trinajstić information content (AvgIpc) is 3.36. The van der Waals surface area contributed by atoms with Crippen LogP contribution in [0, 0.1) is 11.9 Å². The Morgan fingerprint density at radius 3 is 2.40 bits per heavy atom. The summed E-state index contributed by atoms with van der Waals surface area (Å²) in [6.07, 6.45) is 5.96. The van der Waals surface area contributed by atoms with E-state index in [1.165, 1.54) is 35.2 Å². The lowest BCUT2D eigenvalue weighted by atomic mass is 10.1. The number of aromatic nitrogens is 5. The number of rotatable bonds is 4. The predicted molar refractivity (Wildman–Crippen MR) is 103 cm³/mol. The predicted octanol–water partition coefficient (Wildman–Crippen LogP) is 4.02. The molecule has 5 heterocycles. The average molecular weight is 405 g/mol. The molecule has 0 saturated carbocycles. The van der Waals surface area contributed by atoms with Crippen LogP contribution in [-0.4, -0.2) is 29.4 Å². The fourth-order valence-corrected chi connectivity index (χ4v) is 3.22. The molecule has 5 rings (SSSR count).